The van der Waals surface area contributed by atoms with Crippen LogP contribution in [0.4, 0.5) is 5.69 Å². The van der Waals surface area contributed by atoms with Crippen LogP contribution in [0.25, 0.3) is 0 Å². The highest BCUT2D eigenvalue weighted by molar-refractivity contribution is 9.10. The first-order valence-corrected chi connectivity index (χ1v) is 6.14. The number of hydrogen-bond acceptors (Lipinski definition) is 2. The number of aliphatic carboxylic acids is 1. The number of carboxylic acids is 1. The summed E-state index contributed by atoms with van der Waals surface area (Å²) in [6.45, 7) is 0. The van der Waals surface area contributed by atoms with Gasteiger partial charge in [0.25, 0.3) is 0 Å². The molecule has 1 amide bonds. The molecule has 92 valence electrons. The van der Waals surface area contributed by atoms with Crippen molar-refractivity contribution in [2.24, 2.45) is 0 Å². The topological polar surface area (TPSA) is 66.4 Å². The second-order valence-electron chi connectivity index (χ2n) is 3.66. The summed E-state index contributed by atoms with van der Waals surface area (Å²) in [5.74, 6) is -0.906. The van der Waals surface area contributed by atoms with E-state index in [9.17, 15) is 9.59 Å². The molecular formula is C12H14BrNO3. The fourth-order valence-electron chi connectivity index (χ4n) is 1.32. The predicted octanol–water partition coefficient (Wildman–Crippen LogP) is 3.03. The summed E-state index contributed by atoms with van der Waals surface area (Å²) in [6.07, 6.45) is 1.59. The molecule has 0 atom stereocenters. The van der Waals surface area contributed by atoms with Crippen molar-refractivity contribution in [2.45, 2.75) is 25.7 Å². The Morgan fingerprint density at radius 3 is 2.29 bits per heavy atom. The van der Waals surface area contributed by atoms with Gasteiger partial charge >= 0.3 is 5.97 Å². The van der Waals surface area contributed by atoms with E-state index in [4.69, 9.17) is 5.11 Å². The van der Waals surface area contributed by atoms with Crippen LogP contribution in [0, 0.1) is 0 Å². The quantitative estimate of drug-likeness (QED) is 0.794. The van der Waals surface area contributed by atoms with Crippen LogP contribution in [0.2, 0.25) is 0 Å². The number of halogens is 1. The lowest BCUT2D eigenvalue weighted by atomic mass is 10.2. The van der Waals surface area contributed by atoms with E-state index in [0.29, 0.717) is 19.3 Å². The van der Waals surface area contributed by atoms with Crippen LogP contribution >= 0.6 is 15.9 Å². The van der Waals surface area contributed by atoms with Crippen molar-refractivity contribution in [1.29, 1.82) is 0 Å². The highest BCUT2D eigenvalue weighted by Crippen LogP contribution is 2.14. The monoisotopic (exact) mass is 299 g/mol. The zero-order valence-corrected chi connectivity index (χ0v) is 10.9. The van der Waals surface area contributed by atoms with E-state index >= 15 is 0 Å². The molecule has 1 rings (SSSR count). The summed E-state index contributed by atoms with van der Waals surface area (Å²) in [6, 6.07) is 7.30. The molecule has 0 saturated carbocycles. The zero-order valence-electron chi connectivity index (χ0n) is 9.28. The van der Waals surface area contributed by atoms with Gasteiger partial charge in [0.15, 0.2) is 0 Å². The number of carbonyl (C=O) groups is 2. The van der Waals surface area contributed by atoms with Crippen molar-refractivity contribution >= 4 is 33.5 Å². The lowest BCUT2D eigenvalue weighted by Gasteiger charge is -2.04. The van der Waals surface area contributed by atoms with E-state index in [1.54, 1.807) is 12.1 Å². The maximum atomic E-state index is 11.5. The van der Waals surface area contributed by atoms with Gasteiger partial charge < -0.3 is 10.4 Å². The molecule has 1 aromatic rings. The molecule has 0 aliphatic heterocycles. The molecule has 0 spiro atoms. The number of nitrogens with one attached hydrogen (secondary N) is 1. The Hall–Kier alpha value is -1.36. The second-order valence-corrected chi connectivity index (χ2v) is 4.57. The Morgan fingerprint density at radius 1 is 1.12 bits per heavy atom. The predicted molar refractivity (Wildman–Crippen MR) is 68.9 cm³/mol. The minimum Gasteiger partial charge on any atom is -0.481 e. The molecule has 2 N–H and O–H groups in total. The average Bonchev–Trinajstić information content (AvgIpc) is 2.27. The Kier molecular flexibility index (Phi) is 5.69. The molecule has 0 aromatic heterocycles. The average molecular weight is 300 g/mol. The van der Waals surface area contributed by atoms with E-state index in [1.807, 2.05) is 12.1 Å². The van der Waals surface area contributed by atoms with Crippen molar-refractivity contribution in [2.75, 3.05) is 5.32 Å². The van der Waals surface area contributed by atoms with Gasteiger partial charge in [-0.25, -0.2) is 0 Å². The molecular weight excluding hydrogens is 286 g/mol. The first-order chi connectivity index (χ1) is 8.08. The molecule has 0 bridgehead atoms. The Bertz CT molecular complexity index is 389. The minimum absolute atomic E-state index is 0.0855. The van der Waals surface area contributed by atoms with E-state index in [0.717, 1.165) is 10.2 Å². The summed E-state index contributed by atoms with van der Waals surface area (Å²) in [5, 5.41) is 11.2. The normalized spacial score (nSPS) is 9.94. The second kappa shape index (κ2) is 7.06. The number of anilines is 1. The number of carboxylic acid groups (broad SMARTS) is 1. The van der Waals surface area contributed by atoms with Crippen molar-refractivity contribution < 1.29 is 14.7 Å². The minimum atomic E-state index is -0.821. The van der Waals surface area contributed by atoms with Gasteiger partial charge in [0.1, 0.15) is 0 Å². The Balaban J connectivity index is 2.25. The van der Waals surface area contributed by atoms with Crippen molar-refractivity contribution in [3.63, 3.8) is 0 Å². The molecule has 0 heterocycles. The highest BCUT2D eigenvalue weighted by atomic mass is 79.9. The zero-order chi connectivity index (χ0) is 12.7. The SMILES string of the molecule is O=C(O)CCCCC(=O)Nc1ccc(Br)cc1. The molecule has 0 radical (unpaired) electrons. The first-order valence-electron chi connectivity index (χ1n) is 5.35. The molecule has 0 aliphatic carbocycles. The summed E-state index contributed by atoms with van der Waals surface area (Å²) >= 11 is 3.31. The third-order valence-electron chi connectivity index (χ3n) is 2.17. The summed E-state index contributed by atoms with van der Waals surface area (Å²) in [5.41, 5.74) is 0.747. The van der Waals surface area contributed by atoms with Gasteiger partial charge in [0, 0.05) is 23.0 Å². The number of hydrogen-bond donors (Lipinski definition) is 2. The third-order valence-corrected chi connectivity index (χ3v) is 2.70. The van der Waals surface area contributed by atoms with Crippen LogP contribution in [-0.4, -0.2) is 17.0 Å². The van der Waals surface area contributed by atoms with Crippen LogP contribution in [0.15, 0.2) is 28.7 Å². The van der Waals surface area contributed by atoms with Crippen molar-refractivity contribution in [3.8, 4) is 0 Å². The number of benzene rings is 1. The van der Waals surface area contributed by atoms with Gasteiger partial charge in [-0.1, -0.05) is 15.9 Å². The summed E-state index contributed by atoms with van der Waals surface area (Å²) in [4.78, 5) is 21.7. The Morgan fingerprint density at radius 2 is 1.71 bits per heavy atom. The van der Waals surface area contributed by atoms with Gasteiger partial charge in [0.05, 0.1) is 0 Å². The molecule has 0 aliphatic rings. The fourth-order valence-corrected chi connectivity index (χ4v) is 1.58. The largest absolute Gasteiger partial charge is 0.481 e. The highest BCUT2D eigenvalue weighted by Gasteiger charge is 2.03. The summed E-state index contributed by atoms with van der Waals surface area (Å²) in [7, 11) is 0. The van der Waals surface area contributed by atoms with Crippen LogP contribution in [0.5, 0.6) is 0 Å². The van der Waals surface area contributed by atoms with Gasteiger partial charge in [-0.2, -0.15) is 0 Å². The number of rotatable bonds is 6. The van der Waals surface area contributed by atoms with Gasteiger partial charge in [0.2, 0.25) is 5.91 Å². The van der Waals surface area contributed by atoms with Crippen LogP contribution in [0.1, 0.15) is 25.7 Å². The van der Waals surface area contributed by atoms with Crippen molar-refractivity contribution in [3.05, 3.63) is 28.7 Å². The van der Waals surface area contributed by atoms with Crippen LogP contribution < -0.4 is 5.32 Å². The van der Waals surface area contributed by atoms with Crippen LogP contribution in [0.3, 0.4) is 0 Å². The van der Waals surface area contributed by atoms with Gasteiger partial charge in [-0.15, -0.1) is 0 Å². The standard InChI is InChI=1S/C12H14BrNO3/c13-9-5-7-10(8-6-9)14-11(15)3-1-2-4-12(16)17/h5-8H,1-4H2,(H,14,15)(H,16,17). The van der Waals surface area contributed by atoms with E-state index in [-0.39, 0.29) is 12.3 Å². The molecule has 0 unspecified atom stereocenters. The van der Waals surface area contributed by atoms with E-state index in [2.05, 4.69) is 21.2 Å². The Labute approximate surface area is 108 Å². The molecule has 0 fully saturated rings. The number of amides is 1. The number of unbranched alkanes of at least 4 members (excludes halogenated alkanes) is 1. The van der Waals surface area contributed by atoms with E-state index < -0.39 is 5.97 Å². The molecule has 4 nitrogen and oxygen atoms in total. The van der Waals surface area contributed by atoms with E-state index in [1.165, 1.54) is 0 Å². The van der Waals surface area contributed by atoms with Gasteiger partial charge in [-0.3, -0.25) is 9.59 Å². The fraction of sp³-hybridized carbons (Fsp3) is 0.333. The van der Waals surface area contributed by atoms with Crippen molar-refractivity contribution in [1.82, 2.24) is 0 Å². The van der Waals surface area contributed by atoms with Crippen LogP contribution in [-0.2, 0) is 9.59 Å². The molecule has 5 heteroatoms. The lowest BCUT2D eigenvalue weighted by Crippen LogP contribution is -2.11. The third kappa shape index (κ3) is 6.06. The molecule has 0 saturated heterocycles. The molecule has 1 aromatic carbocycles. The van der Waals surface area contributed by atoms with Gasteiger partial charge in [-0.05, 0) is 37.1 Å². The lowest BCUT2D eigenvalue weighted by molar-refractivity contribution is -0.137. The first kappa shape index (κ1) is 13.7. The maximum Gasteiger partial charge on any atom is 0.303 e. The maximum absolute atomic E-state index is 11.5. The number of carbonyl (C=O) groups excluding carboxylic acids is 1. The smallest absolute Gasteiger partial charge is 0.303 e. The summed E-state index contributed by atoms with van der Waals surface area (Å²) < 4.78 is 0.956. The molecule has 17 heavy (non-hydrogen) atoms.